The van der Waals surface area contributed by atoms with Gasteiger partial charge in [0, 0.05) is 49.4 Å². The van der Waals surface area contributed by atoms with Gasteiger partial charge in [-0.3, -0.25) is 4.90 Å². The molecule has 2 aromatic carbocycles. The van der Waals surface area contributed by atoms with E-state index in [0.717, 1.165) is 5.56 Å². The Balaban J connectivity index is 1.42. The normalized spacial score (nSPS) is 18.0. The molecule has 0 aromatic heterocycles. The summed E-state index contributed by atoms with van der Waals surface area (Å²) in [7, 11) is -3.56. The Morgan fingerprint density at radius 1 is 1.04 bits per heavy atom. The molecule has 1 fully saturated rings. The number of phenols is 1. The summed E-state index contributed by atoms with van der Waals surface area (Å²) in [6.07, 6.45) is 0. The first kappa shape index (κ1) is 18.4. The average Bonchev–Trinajstić information content (AvgIpc) is 3.09. The molecule has 0 atom stereocenters. The van der Waals surface area contributed by atoms with E-state index in [2.05, 4.69) is 4.90 Å². The van der Waals surface area contributed by atoms with Gasteiger partial charge in [-0.15, -0.1) is 0 Å². The molecular formula is C18H19ClN2O5S. The number of hydrogen-bond acceptors (Lipinski definition) is 6. The fourth-order valence-electron chi connectivity index (χ4n) is 3.25. The highest BCUT2D eigenvalue weighted by Gasteiger charge is 2.29. The van der Waals surface area contributed by atoms with E-state index in [4.69, 9.17) is 21.1 Å². The molecule has 4 rings (SSSR count). The molecule has 0 amide bonds. The minimum absolute atomic E-state index is 0.147. The van der Waals surface area contributed by atoms with E-state index in [1.54, 1.807) is 30.3 Å². The van der Waals surface area contributed by atoms with Crippen molar-refractivity contribution in [3.05, 3.63) is 47.0 Å². The molecule has 0 unspecified atom stereocenters. The third kappa shape index (κ3) is 3.70. The second-order valence-electron chi connectivity index (χ2n) is 6.47. The van der Waals surface area contributed by atoms with Gasteiger partial charge in [-0.2, -0.15) is 4.31 Å². The largest absolute Gasteiger partial charge is 0.507 e. The van der Waals surface area contributed by atoms with Gasteiger partial charge in [-0.25, -0.2) is 8.42 Å². The van der Waals surface area contributed by atoms with Gasteiger partial charge < -0.3 is 14.6 Å². The van der Waals surface area contributed by atoms with Crippen LogP contribution in [0.1, 0.15) is 5.56 Å². The number of ether oxygens (including phenoxy) is 2. The zero-order valence-corrected chi connectivity index (χ0v) is 16.0. The van der Waals surface area contributed by atoms with Crippen molar-refractivity contribution in [1.29, 1.82) is 0 Å². The zero-order valence-electron chi connectivity index (χ0n) is 14.5. The van der Waals surface area contributed by atoms with Crippen molar-refractivity contribution in [2.45, 2.75) is 11.4 Å². The summed E-state index contributed by atoms with van der Waals surface area (Å²) in [5.74, 6) is 1.30. The van der Waals surface area contributed by atoms with E-state index in [9.17, 15) is 13.5 Å². The smallest absolute Gasteiger partial charge is 0.243 e. The first-order valence-corrected chi connectivity index (χ1v) is 10.3. The Labute approximate surface area is 162 Å². The van der Waals surface area contributed by atoms with E-state index in [-0.39, 0.29) is 17.4 Å². The van der Waals surface area contributed by atoms with Crippen LogP contribution in [-0.4, -0.2) is 55.7 Å². The van der Waals surface area contributed by atoms with E-state index >= 15 is 0 Å². The zero-order chi connectivity index (χ0) is 19.0. The molecule has 1 saturated heterocycles. The number of sulfonamides is 1. The predicted octanol–water partition coefficient (Wildman–Crippen LogP) is 2.28. The standard InChI is InChI=1S/C18H19ClN2O5S/c19-14-2-1-3-15(9-14)27(23,24)21-6-4-20(5-7-21)11-13-8-17-18(10-16(13)22)26-12-25-17/h1-3,8-10,22H,4-7,11-12H2. The molecule has 0 bridgehead atoms. The van der Waals surface area contributed by atoms with Gasteiger partial charge in [0.1, 0.15) is 5.75 Å². The Bertz CT molecular complexity index is 958. The maximum Gasteiger partial charge on any atom is 0.243 e. The number of nitrogens with zero attached hydrogens (tertiary/aromatic N) is 2. The van der Waals surface area contributed by atoms with Crippen LogP contribution in [0.2, 0.25) is 5.02 Å². The molecule has 7 nitrogen and oxygen atoms in total. The molecule has 2 aliphatic heterocycles. The summed E-state index contributed by atoms with van der Waals surface area (Å²) < 4.78 is 37.6. The summed E-state index contributed by atoms with van der Waals surface area (Å²) in [4.78, 5) is 2.30. The summed E-state index contributed by atoms with van der Waals surface area (Å²) in [6.45, 7) is 2.54. The van der Waals surface area contributed by atoms with Gasteiger partial charge in [0.2, 0.25) is 16.8 Å². The van der Waals surface area contributed by atoms with E-state index in [1.165, 1.54) is 10.4 Å². The lowest BCUT2D eigenvalue weighted by atomic mass is 10.1. The molecular weight excluding hydrogens is 392 g/mol. The first-order valence-electron chi connectivity index (χ1n) is 8.53. The number of phenolic OH excluding ortho intramolecular Hbond substituents is 1. The third-order valence-electron chi connectivity index (χ3n) is 4.73. The number of hydrogen-bond donors (Lipinski definition) is 1. The topological polar surface area (TPSA) is 79.3 Å². The van der Waals surface area contributed by atoms with Crippen molar-refractivity contribution >= 4 is 21.6 Å². The van der Waals surface area contributed by atoms with Crippen LogP contribution < -0.4 is 9.47 Å². The number of aromatic hydroxyl groups is 1. The number of benzene rings is 2. The van der Waals surface area contributed by atoms with Crippen molar-refractivity contribution in [2.24, 2.45) is 0 Å². The maximum atomic E-state index is 12.8. The van der Waals surface area contributed by atoms with E-state index in [1.807, 2.05) is 0 Å². The quantitative estimate of drug-likeness (QED) is 0.833. The molecule has 0 radical (unpaired) electrons. The highest BCUT2D eigenvalue weighted by molar-refractivity contribution is 7.89. The highest BCUT2D eigenvalue weighted by atomic mass is 35.5. The fourth-order valence-corrected chi connectivity index (χ4v) is 4.97. The number of rotatable bonds is 4. The molecule has 2 aliphatic rings. The summed E-state index contributed by atoms with van der Waals surface area (Å²) in [6, 6.07) is 9.63. The molecule has 144 valence electrons. The van der Waals surface area contributed by atoms with Crippen LogP contribution in [0, 0.1) is 0 Å². The second kappa shape index (κ2) is 7.20. The monoisotopic (exact) mass is 410 g/mol. The number of piperazine rings is 1. The number of halogens is 1. The fraction of sp³-hybridized carbons (Fsp3) is 0.333. The van der Waals surface area contributed by atoms with Crippen LogP contribution in [0.5, 0.6) is 17.2 Å². The lowest BCUT2D eigenvalue weighted by Gasteiger charge is -2.34. The van der Waals surface area contributed by atoms with Gasteiger partial charge >= 0.3 is 0 Å². The minimum atomic E-state index is -3.56. The summed E-state index contributed by atoms with van der Waals surface area (Å²) >= 11 is 5.92. The molecule has 0 spiro atoms. The minimum Gasteiger partial charge on any atom is -0.507 e. The Kier molecular flexibility index (Phi) is 4.90. The first-order chi connectivity index (χ1) is 12.9. The molecule has 1 N–H and O–H groups in total. The van der Waals surface area contributed by atoms with Gasteiger partial charge in [-0.05, 0) is 24.3 Å². The Hall–Kier alpha value is -2.00. The lowest BCUT2D eigenvalue weighted by molar-refractivity contribution is 0.173. The second-order valence-corrected chi connectivity index (χ2v) is 8.85. The lowest BCUT2D eigenvalue weighted by Crippen LogP contribution is -2.48. The SMILES string of the molecule is O=S(=O)(c1cccc(Cl)c1)N1CCN(Cc2cc3c(cc2O)OCO3)CC1. The van der Waals surface area contributed by atoms with Crippen LogP contribution >= 0.6 is 11.6 Å². The van der Waals surface area contributed by atoms with Crippen molar-refractivity contribution in [1.82, 2.24) is 9.21 Å². The summed E-state index contributed by atoms with van der Waals surface area (Å²) in [5, 5.41) is 10.6. The average molecular weight is 411 g/mol. The van der Waals surface area contributed by atoms with Crippen LogP contribution in [0.4, 0.5) is 0 Å². The van der Waals surface area contributed by atoms with Crippen molar-refractivity contribution in [3.63, 3.8) is 0 Å². The molecule has 0 saturated carbocycles. The predicted molar refractivity (Wildman–Crippen MR) is 99.7 cm³/mol. The Morgan fingerprint density at radius 3 is 2.44 bits per heavy atom. The van der Waals surface area contributed by atoms with Gasteiger partial charge in [-0.1, -0.05) is 17.7 Å². The van der Waals surface area contributed by atoms with Crippen molar-refractivity contribution in [3.8, 4) is 17.2 Å². The summed E-state index contributed by atoms with van der Waals surface area (Å²) in [5.41, 5.74) is 0.727. The molecule has 2 aromatic rings. The van der Waals surface area contributed by atoms with Crippen LogP contribution in [-0.2, 0) is 16.6 Å². The van der Waals surface area contributed by atoms with E-state index in [0.29, 0.717) is 49.2 Å². The van der Waals surface area contributed by atoms with Crippen LogP contribution in [0.3, 0.4) is 0 Å². The van der Waals surface area contributed by atoms with E-state index < -0.39 is 10.0 Å². The van der Waals surface area contributed by atoms with Crippen molar-refractivity contribution < 1.29 is 23.0 Å². The van der Waals surface area contributed by atoms with Crippen LogP contribution in [0.25, 0.3) is 0 Å². The Morgan fingerprint density at radius 2 is 1.74 bits per heavy atom. The van der Waals surface area contributed by atoms with Crippen molar-refractivity contribution in [2.75, 3.05) is 33.0 Å². The van der Waals surface area contributed by atoms with Gasteiger partial charge in [0.25, 0.3) is 0 Å². The number of fused-ring (bicyclic) bond motifs is 1. The highest BCUT2D eigenvalue weighted by Crippen LogP contribution is 2.38. The maximum absolute atomic E-state index is 12.8. The van der Waals surface area contributed by atoms with Gasteiger partial charge in [0.05, 0.1) is 4.90 Å². The van der Waals surface area contributed by atoms with Crippen LogP contribution in [0.15, 0.2) is 41.3 Å². The molecule has 2 heterocycles. The molecule has 9 heteroatoms. The molecule has 27 heavy (non-hydrogen) atoms. The van der Waals surface area contributed by atoms with Gasteiger partial charge in [0.15, 0.2) is 11.5 Å². The third-order valence-corrected chi connectivity index (χ3v) is 6.86. The molecule has 0 aliphatic carbocycles.